The van der Waals surface area contributed by atoms with Gasteiger partial charge in [0.15, 0.2) is 11.5 Å². The van der Waals surface area contributed by atoms with Crippen molar-refractivity contribution in [3.05, 3.63) is 29.8 Å². The van der Waals surface area contributed by atoms with Gasteiger partial charge in [-0.25, -0.2) is 4.79 Å². The molecule has 0 saturated carbocycles. The monoisotopic (exact) mass is 295 g/mol. The molecule has 0 aromatic heterocycles. The predicted octanol–water partition coefficient (Wildman–Crippen LogP) is 2.12. The van der Waals surface area contributed by atoms with Crippen molar-refractivity contribution in [3.8, 4) is 36.0 Å². The van der Waals surface area contributed by atoms with E-state index in [9.17, 15) is 4.79 Å². The highest BCUT2D eigenvalue weighted by Crippen LogP contribution is 2.37. The molecule has 1 N–H and O–H groups in total. The Morgan fingerprint density at radius 3 is 1.95 bits per heavy atom. The van der Waals surface area contributed by atoms with Crippen LogP contribution in [0.25, 0.3) is 10.8 Å². The van der Waals surface area contributed by atoms with Crippen LogP contribution in [0.1, 0.15) is 10.4 Å². The van der Waals surface area contributed by atoms with Crippen LogP contribution in [0.5, 0.6) is 17.2 Å². The molecule has 0 aliphatic carbocycles. The quantitative estimate of drug-likeness (QED) is 0.846. The van der Waals surface area contributed by atoms with Gasteiger partial charge in [-0.15, -0.1) is 15.8 Å². The molecule has 0 saturated heterocycles. The molecular weight excluding hydrogens is 290 g/mol. The minimum atomic E-state index is -1.25. The second kappa shape index (κ2) is 6.00. The smallest absolute Gasteiger partial charge is 0.335 e. The summed E-state index contributed by atoms with van der Waals surface area (Å²) in [4.78, 5) is 11.1. The van der Waals surface area contributed by atoms with Crippen LogP contribution in [-0.2, 0) is 0 Å². The Balaban J connectivity index is 2.85. The first-order valence-corrected chi connectivity index (χ1v) is 5.63. The highest BCUT2D eigenvalue weighted by molar-refractivity contribution is 6.01. The van der Waals surface area contributed by atoms with Gasteiger partial charge < -0.3 is 19.3 Å². The van der Waals surface area contributed by atoms with Crippen LogP contribution in [0.4, 0.5) is 0 Å². The van der Waals surface area contributed by atoms with Crippen LogP contribution in [0.3, 0.4) is 0 Å². The van der Waals surface area contributed by atoms with E-state index in [0.29, 0.717) is 0 Å². The topological polar surface area (TPSA) is 136 Å². The molecular formula is C14H5N3O5. The summed E-state index contributed by atoms with van der Waals surface area (Å²) in [6.45, 7) is 0. The lowest BCUT2D eigenvalue weighted by atomic mass is 10.0. The molecule has 0 amide bonds. The first-order valence-electron chi connectivity index (χ1n) is 5.63. The van der Waals surface area contributed by atoms with Crippen LogP contribution in [0.2, 0.25) is 0 Å². The van der Waals surface area contributed by atoms with Gasteiger partial charge in [0.1, 0.15) is 5.75 Å². The molecule has 2 aromatic carbocycles. The van der Waals surface area contributed by atoms with E-state index in [1.807, 2.05) is 0 Å². The van der Waals surface area contributed by atoms with Gasteiger partial charge in [0.25, 0.3) is 18.8 Å². The van der Waals surface area contributed by atoms with Crippen molar-refractivity contribution in [2.45, 2.75) is 0 Å². The Morgan fingerprint density at radius 1 is 0.864 bits per heavy atom. The third kappa shape index (κ3) is 2.64. The summed E-state index contributed by atoms with van der Waals surface area (Å²) in [5.74, 6) is -1.30. The van der Waals surface area contributed by atoms with E-state index in [-0.39, 0.29) is 33.6 Å². The summed E-state index contributed by atoms with van der Waals surface area (Å²) in [6, 6.07) is 5.00. The van der Waals surface area contributed by atoms with Gasteiger partial charge in [0.05, 0.1) is 5.56 Å². The summed E-state index contributed by atoms with van der Waals surface area (Å²) in [7, 11) is 0. The lowest BCUT2D eigenvalue weighted by molar-refractivity contribution is 0.0696. The molecule has 0 radical (unpaired) electrons. The van der Waals surface area contributed by atoms with E-state index in [1.165, 1.54) is 37.0 Å². The molecule has 106 valence electrons. The highest BCUT2D eigenvalue weighted by atomic mass is 16.5. The van der Waals surface area contributed by atoms with E-state index in [0.717, 1.165) is 6.07 Å². The normalized spacial score (nSPS) is 9.14. The molecule has 8 heteroatoms. The summed E-state index contributed by atoms with van der Waals surface area (Å²) in [6.07, 6.45) is 4.36. The summed E-state index contributed by atoms with van der Waals surface area (Å²) < 4.78 is 14.2. The summed E-state index contributed by atoms with van der Waals surface area (Å²) in [5, 5.41) is 35.5. The van der Waals surface area contributed by atoms with Crippen molar-refractivity contribution in [3.63, 3.8) is 0 Å². The zero-order valence-corrected chi connectivity index (χ0v) is 10.7. The van der Waals surface area contributed by atoms with Gasteiger partial charge in [0.2, 0.25) is 0 Å². The fraction of sp³-hybridized carbons (Fsp3) is 0. The van der Waals surface area contributed by atoms with Gasteiger partial charge >= 0.3 is 5.97 Å². The minimum absolute atomic E-state index is 0.0314. The SMILES string of the molecule is N#COc1cc(OC#N)c2cc(C(=O)O)cc(OC#N)c2c1. The average molecular weight is 295 g/mol. The largest absolute Gasteiger partial charge is 0.478 e. The standard InChI is InChI=1S/C14H5N3O5/c15-5-20-9-3-11-10(13(4-9)22-7-17)1-8(14(18)19)2-12(11)21-6-16/h1-4H,(H,18,19). The molecule has 0 fully saturated rings. The number of carboxylic acid groups (broad SMARTS) is 1. The molecule has 0 aliphatic heterocycles. The number of benzene rings is 2. The van der Waals surface area contributed by atoms with Crippen molar-refractivity contribution >= 4 is 16.7 Å². The maximum absolute atomic E-state index is 11.1. The fourth-order valence-electron chi connectivity index (χ4n) is 1.87. The molecule has 2 aromatic rings. The fourth-order valence-corrected chi connectivity index (χ4v) is 1.87. The number of carboxylic acids is 1. The number of nitrogens with zero attached hydrogens (tertiary/aromatic N) is 3. The van der Waals surface area contributed by atoms with Crippen LogP contribution in [-0.4, -0.2) is 11.1 Å². The zero-order chi connectivity index (χ0) is 16.1. The van der Waals surface area contributed by atoms with Crippen LogP contribution < -0.4 is 14.2 Å². The number of carbonyl (C=O) groups is 1. The van der Waals surface area contributed by atoms with Crippen LogP contribution in [0.15, 0.2) is 24.3 Å². The molecule has 0 unspecified atom stereocenters. The molecule has 8 nitrogen and oxygen atoms in total. The molecule has 0 heterocycles. The van der Waals surface area contributed by atoms with Crippen LogP contribution in [0, 0.1) is 34.6 Å². The molecule has 0 aliphatic rings. The van der Waals surface area contributed by atoms with Crippen molar-refractivity contribution in [2.24, 2.45) is 0 Å². The Morgan fingerprint density at radius 2 is 1.41 bits per heavy atom. The maximum atomic E-state index is 11.1. The Labute approximate surface area is 123 Å². The van der Waals surface area contributed by atoms with Crippen molar-refractivity contribution in [1.29, 1.82) is 15.8 Å². The summed E-state index contributed by atoms with van der Waals surface area (Å²) >= 11 is 0. The predicted molar refractivity (Wildman–Crippen MR) is 69.6 cm³/mol. The second-order valence-corrected chi connectivity index (χ2v) is 3.88. The van der Waals surface area contributed by atoms with Crippen molar-refractivity contribution < 1.29 is 24.1 Å². The second-order valence-electron chi connectivity index (χ2n) is 3.88. The number of hydrogen-bond donors (Lipinski definition) is 1. The maximum Gasteiger partial charge on any atom is 0.335 e. The minimum Gasteiger partial charge on any atom is -0.478 e. The lowest BCUT2D eigenvalue weighted by Gasteiger charge is -2.09. The third-order valence-corrected chi connectivity index (χ3v) is 2.69. The first-order chi connectivity index (χ1) is 10.6. The summed E-state index contributed by atoms with van der Waals surface area (Å²) in [5.41, 5.74) is -0.158. The van der Waals surface area contributed by atoms with E-state index in [4.69, 9.17) is 30.4 Å². The molecule has 0 bridgehead atoms. The molecule has 0 atom stereocenters. The molecule has 2 rings (SSSR count). The van der Waals surface area contributed by atoms with E-state index >= 15 is 0 Å². The number of fused-ring (bicyclic) bond motifs is 1. The van der Waals surface area contributed by atoms with Crippen molar-refractivity contribution in [2.75, 3.05) is 0 Å². The average Bonchev–Trinajstić information content (AvgIpc) is 2.48. The Kier molecular flexibility index (Phi) is 3.94. The number of rotatable bonds is 4. The van der Waals surface area contributed by atoms with E-state index in [1.54, 1.807) is 0 Å². The van der Waals surface area contributed by atoms with Gasteiger partial charge in [-0.2, -0.15) is 0 Å². The molecule has 22 heavy (non-hydrogen) atoms. The highest BCUT2D eigenvalue weighted by Gasteiger charge is 2.16. The van der Waals surface area contributed by atoms with Crippen molar-refractivity contribution in [1.82, 2.24) is 0 Å². The first kappa shape index (κ1) is 14.4. The van der Waals surface area contributed by atoms with E-state index < -0.39 is 5.97 Å². The molecule has 0 spiro atoms. The van der Waals surface area contributed by atoms with Crippen LogP contribution >= 0.6 is 0 Å². The Hall–Kier alpha value is -3.96. The number of nitriles is 3. The van der Waals surface area contributed by atoms with Gasteiger partial charge in [-0.1, -0.05) is 0 Å². The zero-order valence-electron chi connectivity index (χ0n) is 10.7. The third-order valence-electron chi connectivity index (χ3n) is 2.69. The number of ether oxygens (including phenoxy) is 3. The number of hydrogen-bond acceptors (Lipinski definition) is 7. The van der Waals surface area contributed by atoms with Gasteiger partial charge in [-0.3, -0.25) is 0 Å². The lowest BCUT2D eigenvalue weighted by Crippen LogP contribution is -1.99. The van der Waals surface area contributed by atoms with E-state index in [2.05, 4.69) is 4.74 Å². The van der Waals surface area contributed by atoms with Gasteiger partial charge in [0, 0.05) is 16.8 Å². The Bertz CT molecular complexity index is 886. The van der Waals surface area contributed by atoms with Gasteiger partial charge in [-0.05, 0) is 18.2 Å². The number of aromatic carboxylic acids is 1.